The zero-order valence-electron chi connectivity index (χ0n) is 15.4. The summed E-state index contributed by atoms with van der Waals surface area (Å²) in [5.74, 6) is 0.188. The second-order valence-electron chi connectivity index (χ2n) is 7.50. The van der Waals surface area contributed by atoms with Crippen molar-refractivity contribution in [1.29, 1.82) is 0 Å². The summed E-state index contributed by atoms with van der Waals surface area (Å²) < 4.78 is 5.85. The summed E-state index contributed by atoms with van der Waals surface area (Å²) in [5, 5.41) is 23.1. The fourth-order valence-corrected chi connectivity index (χ4v) is 4.20. The molecule has 0 aromatic heterocycles. The highest BCUT2D eigenvalue weighted by molar-refractivity contribution is 5.78. The average molecular weight is 362 g/mol. The first kappa shape index (κ1) is 19.3. The van der Waals surface area contributed by atoms with E-state index in [1.165, 1.54) is 0 Å². The van der Waals surface area contributed by atoms with E-state index in [2.05, 4.69) is 5.32 Å². The number of likely N-dealkylation sites (N-methyl/N-ethyl adjacent to an activating group) is 1. The van der Waals surface area contributed by atoms with E-state index in [4.69, 9.17) is 4.74 Å². The zero-order chi connectivity index (χ0) is 18.5. The van der Waals surface area contributed by atoms with E-state index < -0.39 is 12.2 Å². The highest BCUT2D eigenvalue weighted by Crippen LogP contribution is 2.27. The third kappa shape index (κ3) is 4.43. The van der Waals surface area contributed by atoms with Gasteiger partial charge in [0, 0.05) is 19.0 Å². The number of hydrogen-bond acceptors (Lipinski definition) is 5. The second-order valence-corrected chi connectivity index (χ2v) is 7.50. The van der Waals surface area contributed by atoms with Crippen molar-refractivity contribution in [3.05, 3.63) is 35.9 Å². The quantitative estimate of drug-likeness (QED) is 0.672. The van der Waals surface area contributed by atoms with Gasteiger partial charge in [0.15, 0.2) is 0 Å². The molecule has 0 unspecified atom stereocenters. The monoisotopic (exact) mass is 362 g/mol. The third-order valence-corrected chi connectivity index (χ3v) is 5.63. The molecule has 144 valence electrons. The molecular formula is C20H30N2O4. The minimum Gasteiger partial charge on any atom is -0.394 e. The zero-order valence-corrected chi connectivity index (χ0v) is 15.4. The Morgan fingerprint density at radius 1 is 1.23 bits per heavy atom. The van der Waals surface area contributed by atoms with Crippen LogP contribution in [0.15, 0.2) is 30.3 Å². The Kier molecular flexibility index (Phi) is 6.64. The summed E-state index contributed by atoms with van der Waals surface area (Å²) in [5.41, 5.74) is 1.14. The Labute approximate surface area is 155 Å². The summed E-state index contributed by atoms with van der Waals surface area (Å²) in [6, 6.07) is 9.75. The number of ether oxygens (including phenoxy) is 1. The second kappa shape index (κ2) is 8.95. The van der Waals surface area contributed by atoms with Crippen LogP contribution in [0.3, 0.4) is 0 Å². The molecule has 6 nitrogen and oxygen atoms in total. The van der Waals surface area contributed by atoms with Crippen molar-refractivity contribution >= 4 is 5.91 Å². The summed E-state index contributed by atoms with van der Waals surface area (Å²) in [6.45, 7) is 0.785. The highest BCUT2D eigenvalue weighted by atomic mass is 16.5. The van der Waals surface area contributed by atoms with E-state index in [9.17, 15) is 15.0 Å². The first-order valence-corrected chi connectivity index (χ1v) is 9.56. The van der Waals surface area contributed by atoms with Gasteiger partial charge in [0.1, 0.15) is 12.2 Å². The summed E-state index contributed by atoms with van der Waals surface area (Å²) in [4.78, 5) is 14.4. The molecule has 1 heterocycles. The maximum absolute atomic E-state index is 12.3. The van der Waals surface area contributed by atoms with Crippen LogP contribution in [-0.2, 0) is 16.1 Å². The molecule has 4 atom stereocenters. The summed E-state index contributed by atoms with van der Waals surface area (Å²) in [6.07, 6.45) is 2.39. The largest absolute Gasteiger partial charge is 0.394 e. The van der Waals surface area contributed by atoms with Crippen LogP contribution >= 0.6 is 0 Å². The number of aliphatic hydroxyl groups is 2. The van der Waals surface area contributed by atoms with Gasteiger partial charge >= 0.3 is 0 Å². The Bertz CT molecular complexity index is 576. The number of hydrogen-bond donors (Lipinski definition) is 3. The van der Waals surface area contributed by atoms with E-state index >= 15 is 0 Å². The van der Waals surface area contributed by atoms with Crippen molar-refractivity contribution in [3.8, 4) is 0 Å². The molecular weight excluding hydrogens is 332 g/mol. The van der Waals surface area contributed by atoms with Gasteiger partial charge < -0.3 is 20.3 Å². The molecule has 26 heavy (non-hydrogen) atoms. The summed E-state index contributed by atoms with van der Waals surface area (Å²) >= 11 is 0. The van der Waals surface area contributed by atoms with Gasteiger partial charge in [-0.05, 0) is 25.5 Å². The van der Waals surface area contributed by atoms with Gasteiger partial charge in [0.2, 0.25) is 5.91 Å². The van der Waals surface area contributed by atoms with E-state index in [0.717, 1.165) is 31.2 Å². The van der Waals surface area contributed by atoms with Gasteiger partial charge in [-0.1, -0.05) is 43.2 Å². The molecule has 2 fully saturated rings. The minimum absolute atomic E-state index is 0.0810. The standard InChI is InChI=1S/C20H30N2O4/c1-22(12-14-7-3-2-4-8-14)18-16(26-17(13-23)19(18)24)11-21-20(25)15-9-5-6-10-15/h2-4,7-8,15-19,23-24H,5-6,9-13H2,1H3,(H,21,25)/t16-,17+,18-,19-/m1/s1. The fraction of sp³-hybridized carbons (Fsp3) is 0.650. The van der Waals surface area contributed by atoms with Crippen molar-refractivity contribution in [2.45, 2.75) is 56.6 Å². The van der Waals surface area contributed by atoms with Crippen LogP contribution in [0.4, 0.5) is 0 Å². The molecule has 1 aromatic rings. The molecule has 0 radical (unpaired) electrons. The molecule has 6 heteroatoms. The molecule has 0 bridgehead atoms. The third-order valence-electron chi connectivity index (χ3n) is 5.63. The van der Waals surface area contributed by atoms with Gasteiger partial charge in [-0.25, -0.2) is 0 Å². The predicted octanol–water partition coefficient (Wildman–Crippen LogP) is 0.914. The molecule has 1 aromatic carbocycles. The lowest BCUT2D eigenvalue weighted by Gasteiger charge is -2.30. The molecule has 1 aliphatic heterocycles. The molecule has 2 aliphatic rings. The minimum atomic E-state index is -0.790. The van der Waals surface area contributed by atoms with Gasteiger partial charge in [-0.3, -0.25) is 9.69 Å². The normalized spacial score (nSPS) is 29.4. The molecule has 3 N–H and O–H groups in total. The van der Waals surface area contributed by atoms with Crippen LogP contribution in [0.1, 0.15) is 31.2 Å². The molecule has 1 saturated heterocycles. The number of nitrogens with zero attached hydrogens (tertiary/aromatic N) is 1. The van der Waals surface area contributed by atoms with Gasteiger partial charge in [-0.2, -0.15) is 0 Å². The van der Waals surface area contributed by atoms with Crippen molar-refractivity contribution in [2.75, 3.05) is 20.2 Å². The predicted molar refractivity (Wildman–Crippen MR) is 98.4 cm³/mol. The number of aliphatic hydroxyl groups excluding tert-OH is 2. The number of rotatable bonds is 7. The van der Waals surface area contributed by atoms with Crippen LogP contribution in [0.25, 0.3) is 0 Å². The Hall–Kier alpha value is -1.47. The van der Waals surface area contributed by atoms with Crippen LogP contribution < -0.4 is 5.32 Å². The van der Waals surface area contributed by atoms with Crippen molar-refractivity contribution in [2.24, 2.45) is 5.92 Å². The number of benzene rings is 1. The number of nitrogens with one attached hydrogen (secondary N) is 1. The van der Waals surface area contributed by atoms with Crippen molar-refractivity contribution in [3.63, 3.8) is 0 Å². The lowest BCUT2D eigenvalue weighted by Crippen LogP contribution is -2.49. The Balaban J connectivity index is 1.62. The molecule has 1 saturated carbocycles. The Morgan fingerprint density at radius 2 is 1.92 bits per heavy atom. The molecule has 3 rings (SSSR count). The van der Waals surface area contributed by atoms with Crippen molar-refractivity contribution in [1.82, 2.24) is 10.2 Å². The van der Waals surface area contributed by atoms with Gasteiger partial charge in [0.05, 0.1) is 18.8 Å². The van der Waals surface area contributed by atoms with Crippen LogP contribution in [0.2, 0.25) is 0 Å². The number of amides is 1. The Morgan fingerprint density at radius 3 is 2.58 bits per heavy atom. The average Bonchev–Trinajstić information content (AvgIpc) is 3.28. The number of carbonyl (C=O) groups excluding carboxylic acids is 1. The summed E-state index contributed by atoms with van der Waals surface area (Å²) in [7, 11) is 1.94. The maximum Gasteiger partial charge on any atom is 0.223 e. The van der Waals surface area contributed by atoms with Crippen LogP contribution in [-0.4, -0.2) is 65.6 Å². The lowest BCUT2D eigenvalue weighted by molar-refractivity contribution is -0.125. The van der Waals surface area contributed by atoms with Crippen molar-refractivity contribution < 1.29 is 19.7 Å². The lowest BCUT2D eigenvalue weighted by atomic mass is 10.0. The van der Waals surface area contributed by atoms with Gasteiger partial charge in [-0.15, -0.1) is 0 Å². The first-order chi connectivity index (χ1) is 12.6. The van der Waals surface area contributed by atoms with Crippen LogP contribution in [0, 0.1) is 5.92 Å². The molecule has 0 spiro atoms. The van der Waals surface area contributed by atoms with E-state index in [1.807, 2.05) is 42.3 Å². The molecule has 1 amide bonds. The molecule has 1 aliphatic carbocycles. The smallest absolute Gasteiger partial charge is 0.223 e. The fourth-order valence-electron chi connectivity index (χ4n) is 4.20. The highest BCUT2D eigenvalue weighted by Gasteiger charge is 2.45. The van der Waals surface area contributed by atoms with E-state index in [1.54, 1.807) is 0 Å². The van der Waals surface area contributed by atoms with Gasteiger partial charge in [0.25, 0.3) is 0 Å². The van der Waals surface area contributed by atoms with Crippen LogP contribution in [0.5, 0.6) is 0 Å². The SMILES string of the molecule is CN(Cc1ccccc1)[C@H]1[C@H](O)[C@H](CO)O[C@@H]1CNC(=O)C1CCCC1. The first-order valence-electron chi connectivity index (χ1n) is 9.56. The van der Waals surface area contributed by atoms with E-state index in [0.29, 0.717) is 13.1 Å². The number of carbonyl (C=O) groups is 1. The maximum atomic E-state index is 12.3. The topological polar surface area (TPSA) is 82.0 Å². The van der Waals surface area contributed by atoms with E-state index in [-0.39, 0.29) is 30.6 Å².